The molecule has 2 aromatic carbocycles. The minimum Gasteiger partial charge on any atom is -0.504 e. The number of nitrogens with zero attached hydrogens (tertiary/aromatic N) is 2. The van der Waals surface area contributed by atoms with Crippen LogP contribution in [0.2, 0.25) is 0 Å². The van der Waals surface area contributed by atoms with Crippen molar-refractivity contribution in [2.75, 3.05) is 0 Å². The van der Waals surface area contributed by atoms with Gasteiger partial charge in [-0.1, -0.05) is 12.1 Å². The van der Waals surface area contributed by atoms with Gasteiger partial charge in [-0.2, -0.15) is 10.5 Å². The van der Waals surface area contributed by atoms with E-state index in [1.165, 1.54) is 48.6 Å². The van der Waals surface area contributed by atoms with Crippen molar-refractivity contribution in [3.8, 4) is 35.1 Å². The van der Waals surface area contributed by atoms with Crippen molar-refractivity contribution in [1.82, 2.24) is 10.6 Å². The molecule has 0 aromatic heterocycles. The summed E-state index contributed by atoms with van der Waals surface area (Å²) in [5, 5.41) is 63.1. The molecule has 0 bridgehead atoms. The first-order chi connectivity index (χ1) is 20.6. The molecule has 0 unspecified atom stereocenters. The molecule has 0 heterocycles. The second kappa shape index (κ2) is 14.3. The highest BCUT2D eigenvalue weighted by Crippen LogP contribution is 2.36. The first-order valence-corrected chi connectivity index (χ1v) is 14.5. The smallest absolute Gasteiger partial charge is 0.262 e. The third kappa shape index (κ3) is 8.52. The lowest BCUT2D eigenvalue weighted by Gasteiger charge is -2.34. The number of aromatic hydroxyl groups is 4. The van der Waals surface area contributed by atoms with Crippen molar-refractivity contribution >= 4 is 24.0 Å². The molecule has 2 aliphatic rings. The van der Waals surface area contributed by atoms with Crippen LogP contribution in [0.15, 0.2) is 47.5 Å². The Labute approximate surface area is 250 Å². The molecule has 224 valence electrons. The van der Waals surface area contributed by atoms with Crippen LogP contribution in [0, 0.1) is 34.5 Å². The Bertz CT molecular complexity index is 1370. The second-order valence-corrected chi connectivity index (χ2v) is 11.5. The van der Waals surface area contributed by atoms with Gasteiger partial charge in [-0.05, 0) is 117 Å². The summed E-state index contributed by atoms with van der Waals surface area (Å²) in [6.07, 6.45) is 11.2. The van der Waals surface area contributed by atoms with Gasteiger partial charge in [-0.3, -0.25) is 9.59 Å². The first kappa shape index (κ1) is 31.0. The number of carbonyl (C=O) groups excluding carboxylic acids is 2. The van der Waals surface area contributed by atoms with Gasteiger partial charge in [0.2, 0.25) is 0 Å². The molecule has 0 spiro atoms. The number of nitriles is 2. The zero-order valence-corrected chi connectivity index (χ0v) is 23.8. The summed E-state index contributed by atoms with van der Waals surface area (Å²) in [6, 6.07) is 12.0. The topological polar surface area (TPSA) is 187 Å². The number of hydrogen-bond donors (Lipinski definition) is 6. The Morgan fingerprint density at radius 3 is 1.35 bits per heavy atom. The van der Waals surface area contributed by atoms with Crippen molar-refractivity contribution in [2.24, 2.45) is 11.8 Å². The number of phenolic OH excluding ortho intramolecular Hbond substituents is 4. The summed E-state index contributed by atoms with van der Waals surface area (Å²) in [6.45, 7) is 0. The van der Waals surface area contributed by atoms with Crippen molar-refractivity contribution in [2.45, 2.75) is 69.9 Å². The van der Waals surface area contributed by atoms with Crippen LogP contribution in [0.3, 0.4) is 0 Å². The first-order valence-electron chi connectivity index (χ1n) is 14.5. The maximum Gasteiger partial charge on any atom is 0.262 e. The Balaban J connectivity index is 1.19. The van der Waals surface area contributed by atoms with Gasteiger partial charge in [0.25, 0.3) is 11.8 Å². The zero-order chi connectivity index (χ0) is 30.9. The van der Waals surface area contributed by atoms with Gasteiger partial charge in [0, 0.05) is 12.1 Å². The summed E-state index contributed by atoms with van der Waals surface area (Å²) in [4.78, 5) is 25.4. The molecule has 6 N–H and O–H groups in total. The molecule has 2 saturated carbocycles. The van der Waals surface area contributed by atoms with Crippen molar-refractivity contribution in [3.63, 3.8) is 0 Å². The van der Waals surface area contributed by atoms with Crippen molar-refractivity contribution < 1.29 is 30.0 Å². The molecule has 2 aromatic rings. The van der Waals surface area contributed by atoms with E-state index in [-0.39, 0.29) is 46.2 Å². The average Bonchev–Trinajstić information content (AvgIpc) is 3.00. The van der Waals surface area contributed by atoms with Gasteiger partial charge >= 0.3 is 0 Å². The highest BCUT2D eigenvalue weighted by Gasteiger charge is 2.29. The number of carbonyl (C=O) groups is 2. The molecule has 10 nitrogen and oxygen atoms in total. The predicted octanol–water partition coefficient (Wildman–Crippen LogP) is 4.76. The number of amides is 2. The summed E-state index contributed by atoms with van der Waals surface area (Å²) in [5.41, 5.74) is 0.760. The van der Waals surface area contributed by atoms with E-state index in [1.807, 2.05) is 12.1 Å². The summed E-state index contributed by atoms with van der Waals surface area (Å²) in [7, 11) is 0. The van der Waals surface area contributed by atoms with E-state index in [9.17, 15) is 40.5 Å². The van der Waals surface area contributed by atoms with E-state index in [0.717, 1.165) is 57.8 Å². The maximum atomic E-state index is 12.7. The van der Waals surface area contributed by atoms with Gasteiger partial charge in [0.1, 0.15) is 23.3 Å². The molecule has 2 fully saturated rings. The Kier molecular flexibility index (Phi) is 10.3. The van der Waals surface area contributed by atoms with Gasteiger partial charge in [-0.15, -0.1) is 0 Å². The summed E-state index contributed by atoms with van der Waals surface area (Å²) in [5.74, 6) is -0.968. The number of rotatable bonds is 8. The molecule has 0 atom stereocenters. The molecule has 0 saturated heterocycles. The predicted molar refractivity (Wildman–Crippen MR) is 159 cm³/mol. The molecular formula is C33H36N4O6. The third-order valence-electron chi connectivity index (χ3n) is 8.38. The molecule has 4 rings (SSSR count). The van der Waals surface area contributed by atoms with E-state index < -0.39 is 11.8 Å². The Morgan fingerprint density at radius 1 is 0.651 bits per heavy atom. The van der Waals surface area contributed by atoms with Gasteiger partial charge in [0.05, 0.1) is 0 Å². The number of phenols is 4. The normalized spacial score (nSPS) is 22.6. The summed E-state index contributed by atoms with van der Waals surface area (Å²) >= 11 is 0. The minimum atomic E-state index is -0.450. The van der Waals surface area contributed by atoms with Gasteiger partial charge < -0.3 is 31.1 Å². The van der Waals surface area contributed by atoms with Crippen molar-refractivity contribution in [3.05, 3.63) is 58.7 Å². The van der Waals surface area contributed by atoms with Crippen LogP contribution >= 0.6 is 0 Å². The fraction of sp³-hybridized carbons (Fsp3) is 0.394. The molecule has 2 amide bonds. The quantitative estimate of drug-likeness (QED) is 0.145. The highest BCUT2D eigenvalue weighted by molar-refractivity contribution is 6.02. The Hall–Kier alpha value is -4.96. The van der Waals surface area contributed by atoms with Gasteiger partial charge in [0.15, 0.2) is 23.0 Å². The lowest BCUT2D eigenvalue weighted by Crippen LogP contribution is -2.39. The lowest BCUT2D eigenvalue weighted by molar-refractivity contribution is -0.118. The van der Waals surface area contributed by atoms with E-state index in [2.05, 4.69) is 10.6 Å². The zero-order valence-electron chi connectivity index (χ0n) is 23.8. The molecular weight excluding hydrogens is 548 g/mol. The summed E-state index contributed by atoms with van der Waals surface area (Å²) < 4.78 is 0. The van der Waals surface area contributed by atoms with E-state index in [4.69, 9.17) is 0 Å². The number of hydrogen-bond acceptors (Lipinski definition) is 8. The molecule has 0 radical (unpaired) electrons. The SMILES string of the molecule is N#C/C(=C/c1ccc(O)c(O)c1)C(=O)NC1CCC(CC2CCC(NC(=O)/C(C#N)=C\c3ccc(O)c(O)c3)CC2)CC1. The van der Waals surface area contributed by atoms with E-state index >= 15 is 0 Å². The second-order valence-electron chi connectivity index (χ2n) is 11.5. The van der Waals surface area contributed by atoms with Crippen molar-refractivity contribution in [1.29, 1.82) is 10.5 Å². The van der Waals surface area contributed by atoms with Crippen LogP contribution in [0.4, 0.5) is 0 Å². The van der Waals surface area contributed by atoms with Crippen LogP contribution in [0.5, 0.6) is 23.0 Å². The Morgan fingerprint density at radius 2 is 1.02 bits per heavy atom. The van der Waals surface area contributed by atoms with Crippen LogP contribution in [0.25, 0.3) is 12.2 Å². The third-order valence-corrected chi connectivity index (χ3v) is 8.38. The van der Waals surface area contributed by atoms with Crippen LogP contribution in [-0.2, 0) is 9.59 Å². The fourth-order valence-electron chi connectivity index (χ4n) is 5.97. The van der Waals surface area contributed by atoms with Crippen LogP contribution < -0.4 is 10.6 Å². The standard InChI is InChI=1S/C33H36N4O6/c34-18-24(14-22-5-11-28(38)30(40)16-22)32(42)36-26-7-1-20(2-8-26)13-21-3-9-27(10-4-21)37-33(43)25(19-35)15-23-6-12-29(39)31(41)17-23/h5-6,11-12,14-17,20-21,26-27,38-41H,1-4,7-10,13H2,(H,36,42)(H,37,43)/b24-14-,25-15-. The average molecular weight is 585 g/mol. The van der Waals surface area contributed by atoms with Crippen LogP contribution in [-0.4, -0.2) is 44.3 Å². The van der Waals surface area contributed by atoms with Crippen LogP contribution in [0.1, 0.15) is 68.9 Å². The lowest BCUT2D eigenvalue weighted by atomic mass is 9.75. The molecule has 10 heteroatoms. The van der Waals surface area contributed by atoms with E-state index in [1.54, 1.807) is 0 Å². The molecule has 43 heavy (non-hydrogen) atoms. The molecule has 2 aliphatic carbocycles. The fourth-order valence-corrected chi connectivity index (χ4v) is 5.97. The van der Waals surface area contributed by atoms with Gasteiger partial charge in [-0.25, -0.2) is 0 Å². The number of benzene rings is 2. The largest absolute Gasteiger partial charge is 0.504 e. The highest BCUT2D eigenvalue weighted by atomic mass is 16.3. The maximum absolute atomic E-state index is 12.7. The minimum absolute atomic E-state index is 0.00685. The molecule has 0 aliphatic heterocycles. The number of nitrogens with one attached hydrogen (secondary N) is 2. The van der Waals surface area contributed by atoms with E-state index in [0.29, 0.717) is 23.0 Å². The monoisotopic (exact) mass is 584 g/mol.